The summed E-state index contributed by atoms with van der Waals surface area (Å²) < 4.78 is 39.8. The summed E-state index contributed by atoms with van der Waals surface area (Å²) in [5, 5.41) is 13.6. The van der Waals surface area contributed by atoms with E-state index in [1.165, 1.54) is 27.6 Å². The molecule has 394 valence electrons. The van der Waals surface area contributed by atoms with Gasteiger partial charge in [0, 0.05) is 64.2 Å². The van der Waals surface area contributed by atoms with Gasteiger partial charge in [-0.05, 0) is 170 Å². The predicted molar refractivity (Wildman–Crippen MR) is 302 cm³/mol. The molecule has 8 aromatic rings. The number of carbonyl (C=O) groups is 1. The molecule has 0 unspecified atom stereocenters. The molecule has 0 bridgehead atoms. The number of carboxylic acid groups (broad SMARTS) is 1. The van der Waals surface area contributed by atoms with Gasteiger partial charge in [0.15, 0.2) is 0 Å². The van der Waals surface area contributed by atoms with Gasteiger partial charge in [-0.3, -0.25) is 0 Å². The summed E-state index contributed by atoms with van der Waals surface area (Å²) in [4.78, 5) is 23.0. The summed E-state index contributed by atoms with van der Waals surface area (Å²) in [6, 6.07) is 24.7. The molecule has 0 saturated carbocycles. The number of rotatable bonds is 25. The van der Waals surface area contributed by atoms with Gasteiger partial charge in [-0.25, -0.2) is 14.8 Å². The third kappa shape index (κ3) is 13.6. The Labute approximate surface area is 445 Å². The highest BCUT2D eigenvalue weighted by molar-refractivity contribution is 7.15. The highest BCUT2D eigenvalue weighted by Crippen LogP contribution is 2.37. The van der Waals surface area contributed by atoms with Crippen molar-refractivity contribution in [2.45, 2.75) is 127 Å². The summed E-state index contributed by atoms with van der Waals surface area (Å²) in [5.74, 6) is 4.13. The van der Waals surface area contributed by atoms with Gasteiger partial charge in [0.2, 0.25) is 11.8 Å². The van der Waals surface area contributed by atoms with Gasteiger partial charge >= 0.3 is 5.97 Å². The summed E-state index contributed by atoms with van der Waals surface area (Å²) in [7, 11) is 0. The van der Waals surface area contributed by atoms with Crippen molar-refractivity contribution < 1.29 is 38.3 Å². The Morgan fingerprint density at radius 3 is 1.42 bits per heavy atom. The number of aromatic nitrogens is 4. The third-order valence-corrected chi connectivity index (χ3v) is 14.7. The molecule has 1 atom stereocenters. The molecule has 74 heavy (non-hydrogen) atoms. The van der Waals surface area contributed by atoms with Gasteiger partial charge < -0.3 is 42.7 Å². The molecule has 0 amide bonds. The van der Waals surface area contributed by atoms with E-state index in [0.717, 1.165) is 115 Å². The number of hydrogen-bond donors (Lipinski definition) is 1. The van der Waals surface area contributed by atoms with Crippen LogP contribution in [0.1, 0.15) is 118 Å². The van der Waals surface area contributed by atoms with Crippen LogP contribution in [0.25, 0.3) is 42.9 Å². The molecule has 8 rings (SSSR count). The first-order chi connectivity index (χ1) is 35.7. The SMILES string of the molecule is CCCc1cc(-c2nc(OCC)c(C)s2)ccc1OCCCOc1ccc2c(c1)c(C)cn2C(C)C.CCCc1cc(-c2nc(OCC)c(C)s2)ccc1OCCCOc1ccc2c(c1)c(C)cn2[C@@H](C)C(=O)O. The molecule has 0 fully saturated rings. The number of benzene rings is 4. The van der Waals surface area contributed by atoms with Crippen molar-refractivity contribution in [3.05, 3.63) is 117 Å². The lowest BCUT2D eigenvalue weighted by Gasteiger charge is -2.13. The lowest BCUT2D eigenvalue weighted by molar-refractivity contribution is -0.140. The minimum atomic E-state index is -0.854. The highest BCUT2D eigenvalue weighted by atomic mass is 32.1. The molecule has 14 heteroatoms. The van der Waals surface area contributed by atoms with Crippen LogP contribution < -0.4 is 28.4 Å². The van der Waals surface area contributed by atoms with E-state index in [1.807, 2.05) is 58.2 Å². The summed E-state index contributed by atoms with van der Waals surface area (Å²) in [6.07, 6.45) is 9.65. The van der Waals surface area contributed by atoms with Crippen LogP contribution in [-0.4, -0.2) is 69.8 Å². The third-order valence-electron chi connectivity index (χ3n) is 12.7. The van der Waals surface area contributed by atoms with E-state index in [-0.39, 0.29) is 0 Å². The summed E-state index contributed by atoms with van der Waals surface area (Å²) in [6.45, 7) is 26.2. The molecule has 12 nitrogen and oxygen atoms in total. The summed E-state index contributed by atoms with van der Waals surface area (Å²) in [5.41, 5.74) is 9.05. The van der Waals surface area contributed by atoms with Gasteiger partial charge in [0.25, 0.3) is 0 Å². The Morgan fingerprint density at radius 1 is 0.568 bits per heavy atom. The molecule has 4 heterocycles. The Morgan fingerprint density at radius 2 is 1.00 bits per heavy atom. The fourth-order valence-electron chi connectivity index (χ4n) is 8.91. The second-order valence-corrected chi connectivity index (χ2v) is 21.2. The van der Waals surface area contributed by atoms with E-state index in [2.05, 4.69) is 111 Å². The van der Waals surface area contributed by atoms with E-state index in [4.69, 9.17) is 28.4 Å². The van der Waals surface area contributed by atoms with Crippen molar-refractivity contribution in [2.24, 2.45) is 0 Å². The zero-order valence-electron chi connectivity index (χ0n) is 45.1. The fourth-order valence-corrected chi connectivity index (χ4v) is 10.6. The second-order valence-electron chi connectivity index (χ2n) is 18.8. The Bertz CT molecular complexity index is 3130. The normalized spacial score (nSPS) is 11.7. The van der Waals surface area contributed by atoms with Crippen LogP contribution in [0.4, 0.5) is 0 Å². The van der Waals surface area contributed by atoms with Crippen LogP contribution in [-0.2, 0) is 17.6 Å². The number of thiazole rings is 2. The number of carboxylic acids is 1. The van der Waals surface area contributed by atoms with Gasteiger partial charge in [0.1, 0.15) is 39.1 Å². The maximum Gasteiger partial charge on any atom is 0.326 e. The van der Waals surface area contributed by atoms with Crippen LogP contribution in [0.15, 0.2) is 85.2 Å². The van der Waals surface area contributed by atoms with E-state index < -0.39 is 12.0 Å². The maximum absolute atomic E-state index is 11.4. The van der Waals surface area contributed by atoms with E-state index in [9.17, 15) is 9.90 Å². The molecule has 1 N–H and O–H groups in total. The molecule has 0 spiro atoms. The van der Waals surface area contributed by atoms with E-state index >= 15 is 0 Å². The van der Waals surface area contributed by atoms with Crippen LogP contribution in [0.5, 0.6) is 34.8 Å². The van der Waals surface area contributed by atoms with Gasteiger partial charge in [-0.2, -0.15) is 0 Å². The van der Waals surface area contributed by atoms with Gasteiger partial charge in [-0.1, -0.05) is 26.7 Å². The number of hydrogen-bond acceptors (Lipinski definition) is 11. The topological polar surface area (TPSA) is 128 Å². The van der Waals surface area contributed by atoms with Crippen molar-refractivity contribution in [2.75, 3.05) is 39.6 Å². The molecule has 0 aliphatic carbocycles. The molecular formula is C60H74N4O8S2. The van der Waals surface area contributed by atoms with Crippen LogP contribution in [0.3, 0.4) is 0 Å². The Hall–Kier alpha value is -6.51. The highest BCUT2D eigenvalue weighted by Gasteiger charge is 2.19. The Balaban J connectivity index is 0.000000217. The molecule has 0 aliphatic rings. The molecule has 0 radical (unpaired) electrons. The summed E-state index contributed by atoms with van der Waals surface area (Å²) >= 11 is 3.32. The van der Waals surface area contributed by atoms with Gasteiger partial charge in [0.05, 0.1) is 49.4 Å². The number of nitrogens with zero attached hydrogens (tertiary/aromatic N) is 4. The van der Waals surface area contributed by atoms with Gasteiger partial charge in [-0.15, -0.1) is 22.7 Å². The number of aryl methyl sites for hydroxylation is 6. The molecule has 4 aromatic heterocycles. The second kappa shape index (κ2) is 26.1. The molecule has 0 saturated heterocycles. The van der Waals surface area contributed by atoms with Crippen molar-refractivity contribution in [1.82, 2.24) is 19.1 Å². The van der Waals surface area contributed by atoms with Crippen LogP contribution in [0.2, 0.25) is 0 Å². The zero-order chi connectivity index (χ0) is 52.9. The van der Waals surface area contributed by atoms with Crippen molar-refractivity contribution in [1.29, 1.82) is 0 Å². The van der Waals surface area contributed by atoms with Crippen LogP contribution in [0, 0.1) is 27.7 Å². The number of aliphatic carboxylic acids is 1. The van der Waals surface area contributed by atoms with Crippen molar-refractivity contribution >= 4 is 50.4 Å². The Kier molecular flexibility index (Phi) is 19.5. The predicted octanol–water partition coefficient (Wildman–Crippen LogP) is 15.4. The zero-order valence-corrected chi connectivity index (χ0v) is 46.8. The average molecular weight is 1040 g/mol. The lowest BCUT2D eigenvalue weighted by atomic mass is 10.1. The number of ether oxygens (including phenoxy) is 6. The standard InChI is InChI=1S/C30H36N2O5S.C30H38N2O3S/c1-6-9-22-16-23(29-31-28(35-7-2)21(5)38-29)10-13-27(22)37-15-8-14-36-24-11-12-26-25(17-24)19(3)18-32(26)20(4)30(33)34;1-7-10-23-17-24(30-31-29(33-8-2)22(6)36-30)11-14-28(23)35-16-9-15-34-25-12-13-27-26(18-25)21(5)19-32(27)20(3)4/h10-13,16-18,20H,6-9,14-15H2,1-5H3,(H,33,34);11-14,17-20H,7-10,15-16H2,1-6H3/t20-;/m0./s1. The van der Waals surface area contributed by atoms with Crippen molar-refractivity contribution in [3.63, 3.8) is 0 Å². The first-order valence-electron chi connectivity index (χ1n) is 26.2. The monoisotopic (exact) mass is 1040 g/mol. The van der Waals surface area contributed by atoms with E-state index in [1.54, 1.807) is 34.2 Å². The first-order valence-corrected chi connectivity index (χ1v) is 27.8. The molecule has 4 aromatic carbocycles. The lowest BCUT2D eigenvalue weighted by Crippen LogP contribution is -2.14. The minimum absolute atomic E-state index is 0.440. The number of fused-ring (bicyclic) bond motifs is 2. The quantitative estimate of drug-likeness (QED) is 0.0553. The average Bonchev–Trinajstić information content (AvgIpc) is 4.14. The molecule has 0 aliphatic heterocycles. The van der Waals surface area contributed by atoms with Crippen LogP contribution >= 0.6 is 22.7 Å². The van der Waals surface area contributed by atoms with E-state index in [0.29, 0.717) is 51.6 Å². The largest absolute Gasteiger partial charge is 0.493 e. The van der Waals surface area contributed by atoms with Crippen molar-refractivity contribution in [3.8, 4) is 55.9 Å². The maximum atomic E-state index is 11.4. The minimum Gasteiger partial charge on any atom is -0.493 e. The fraction of sp³-hybridized carbons (Fsp3) is 0.417. The first kappa shape index (κ1) is 55.2. The smallest absolute Gasteiger partial charge is 0.326 e. The molecular weight excluding hydrogens is 969 g/mol.